The van der Waals surface area contributed by atoms with Crippen molar-refractivity contribution in [2.75, 3.05) is 7.11 Å². The minimum absolute atomic E-state index is 0.424. The SMILES string of the molecule is COc1ccc(-n2nnnc2SC(C)CCc2ccccc2)cc1. The van der Waals surface area contributed by atoms with Gasteiger partial charge in [0.25, 0.3) is 0 Å². The highest BCUT2D eigenvalue weighted by atomic mass is 32.2. The first-order chi connectivity index (χ1) is 11.8. The van der Waals surface area contributed by atoms with Crippen LogP contribution in [-0.4, -0.2) is 32.6 Å². The second-order valence-corrected chi connectivity index (χ2v) is 6.93. The van der Waals surface area contributed by atoms with Crippen molar-refractivity contribution in [3.05, 3.63) is 60.2 Å². The van der Waals surface area contributed by atoms with Crippen LogP contribution in [-0.2, 0) is 6.42 Å². The number of benzene rings is 2. The van der Waals surface area contributed by atoms with E-state index in [0.717, 1.165) is 29.4 Å². The Morgan fingerprint density at radius 1 is 1.08 bits per heavy atom. The van der Waals surface area contributed by atoms with Crippen LogP contribution in [0.1, 0.15) is 18.9 Å². The summed E-state index contributed by atoms with van der Waals surface area (Å²) in [5.74, 6) is 0.817. The van der Waals surface area contributed by atoms with Gasteiger partial charge >= 0.3 is 0 Å². The van der Waals surface area contributed by atoms with E-state index in [4.69, 9.17) is 4.74 Å². The molecule has 3 rings (SSSR count). The first-order valence-corrected chi connectivity index (χ1v) is 8.77. The number of ether oxygens (including phenoxy) is 1. The molecule has 0 aliphatic rings. The molecule has 0 spiro atoms. The molecule has 0 aliphatic carbocycles. The Morgan fingerprint density at radius 2 is 1.83 bits per heavy atom. The van der Waals surface area contributed by atoms with Crippen LogP contribution in [0.5, 0.6) is 5.75 Å². The highest BCUT2D eigenvalue weighted by Gasteiger charge is 2.13. The largest absolute Gasteiger partial charge is 0.497 e. The summed E-state index contributed by atoms with van der Waals surface area (Å²) in [6, 6.07) is 18.3. The predicted molar refractivity (Wildman–Crippen MR) is 95.8 cm³/mol. The molecule has 124 valence electrons. The summed E-state index contributed by atoms with van der Waals surface area (Å²) < 4.78 is 6.96. The number of hydrogen-bond acceptors (Lipinski definition) is 5. The van der Waals surface area contributed by atoms with Gasteiger partial charge in [-0.25, -0.2) is 0 Å². The molecule has 0 bridgehead atoms. The van der Waals surface area contributed by atoms with E-state index in [1.165, 1.54) is 5.56 Å². The maximum absolute atomic E-state index is 5.19. The molecule has 0 fully saturated rings. The number of hydrogen-bond donors (Lipinski definition) is 0. The molecule has 1 unspecified atom stereocenters. The maximum Gasteiger partial charge on any atom is 0.214 e. The first-order valence-electron chi connectivity index (χ1n) is 7.89. The number of aromatic nitrogens is 4. The van der Waals surface area contributed by atoms with Crippen LogP contribution < -0.4 is 4.74 Å². The average molecular weight is 340 g/mol. The molecular weight excluding hydrogens is 320 g/mol. The van der Waals surface area contributed by atoms with Crippen molar-refractivity contribution < 1.29 is 4.74 Å². The molecule has 0 N–H and O–H groups in total. The summed E-state index contributed by atoms with van der Waals surface area (Å²) in [6.45, 7) is 2.21. The van der Waals surface area contributed by atoms with E-state index in [1.54, 1.807) is 23.6 Å². The molecule has 2 aromatic carbocycles. The molecule has 1 heterocycles. The third-order valence-electron chi connectivity index (χ3n) is 3.75. The smallest absolute Gasteiger partial charge is 0.214 e. The minimum Gasteiger partial charge on any atom is -0.497 e. The molecule has 0 aliphatic heterocycles. The van der Waals surface area contributed by atoms with Gasteiger partial charge in [0.2, 0.25) is 5.16 Å². The van der Waals surface area contributed by atoms with Crippen LogP contribution >= 0.6 is 11.8 Å². The van der Waals surface area contributed by atoms with E-state index in [9.17, 15) is 0 Å². The molecule has 0 radical (unpaired) electrons. The van der Waals surface area contributed by atoms with Crippen LogP contribution in [0.25, 0.3) is 5.69 Å². The Hall–Kier alpha value is -2.34. The molecular formula is C18H20N4OS. The monoisotopic (exact) mass is 340 g/mol. The molecule has 0 saturated heterocycles. The van der Waals surface area contributed by atoms with Crippen LogP contribution in [0.15, 0.2) is 59.8 Å². The summed E-state index contributed by atoms with van der Waals surface area (Å²) in [5, 5.41) is 13.3. The summed E-state index contributed by atoms with van der Waals surface area (Å²) in [7, 11) is 1.65. The van der Waals surface area contributed by atoms with Gasteiger partial charge in [-0.1, -0.05) is 49.0 Å². The quantitative estimate of drug-likeness (QED) is 0.613. The third kappa shape index (κ3) is 4.14. The van der Waals surface area contributed by atoms with E-state index in [-0.39, 0.29) is 0 Å². The molecule has 0 amide bonds. The van der Waals surface area contributed by atoms with Gasteiger partial charge in [-0.2, -0.15) is 4.68 Å². The Kier molecular flexibility index (Phi) is 5.48. The molecule has 5 nitrogen and oxygen atoms in total. The number of rotatable bonds is 7. The molecule has 24 heavy (non-hydrogen) atoms. The second-order valence-electron chi connectivity index (χ2n) is 5.52. The van der Waals surface area contributed by atoms with Crippen molar-refractivity contribution in [3.8, 4) is 11.4 Å². The Morgan fingerprint density at radius 3 is 2.54 bits per heavy atom. The van der Waals surface area contributed by atoms with Gasteiger partial charge in [0.05, 0.1) is 12.8 Å². The highest BCUT2D eigenvalue weighted by molar-refractivity contribution is 7.99. The molecule has 1 atom stereocenters. The zero-order valence-electron chi connectivity index (χ0n) is 13.8. The second kappa shape index (κ2) is 7.97. The Labute approximate surface area is 146 Å². The maximum atomic E-state index is 5.19. The summed E-state index contributed by atoms with van der Waals surface area (Å²) in [6.07, 6.45) is 2.13. The van der Waals surface area contributed by atoms with Gasteiger partial charge in [-0.05, 0) is 53.1 Å². The van der Waals surface area contributed by atoms with Crippen LogP contribution in [0.2, 0.25) is 0 Å². The number of nitrogens with zero attached hydrogens (tertiary/aromatic N) is 4. The first kappa shape index (κ1) is 16.5. The zero-order chi connectivity index (χ0) is 16.8. The van der Waals surface area contributed by atoms with Crippen molar-refractivity contribution in [3.63, 3.8) is 0 Å². The van der Waals surface area contributed by atoms with E-state index in [1.807, 2.05) is 30.3 Å². The molecule has 3 aromatic rings. The van der Waals surface area contributed by atoms with Crippen LogP contribution in [0.3, 0.4) is 0 Å². The van der Waals surface area contributed by atoms with Gasteiger partial charge in [0, 0.05) is 5.25 Å². The summed E-state index contributed by atoms with van der Waals surface area (Å²) in [4.78, 5) is 0. The standard InChI is InChI=1S/C18H20N4OS/c1-14(8-9-15-6-4-3-5-7-15)24-18-19-20-21-22(18)16-10-12-17(23-2)13-11-16/h3-7,10-14H,8-9H2,1-2H3. The van der Waals surface area contributed by atoms with E-state index in [2.05, 4.69) is 46.7 Å². The van der Waals surface area contributed by atoms with Gasteiger partial charge in [-0.3, -0.25) is 0 Å². The van der Waals surface area contributed by atoms with Crippen molar-refractivity contribution in [1.82, 2.24) is 20.2 Å². The van der Waals surface area contributed by atoms with Crippen LogP contribution in [0.4, 0.5) is 0 Å². The third-order valence-corrected chi connectivity index (χ3v) is 4.85. The topological polar surface area (TPSA) is 52.8 Å². The number of aryl methyl sites for hydroxylation is 1. The normalized spacial score (nSPS) is 12.1. The van der Waals surface area contributed by atoms with Gasteiger partial charge in [0.1, 0.15) is 5.75 Å². The lowest BCUT2D eigenvalue weighted by Gasteiger charge is -2.11. The van der Waals surface area contributed by atoms with E-state index < -0.39 is 0 Å². The van der Waals surface area contributed by atoms with Crippen molar-refractivity contribution >= 4 is 11.8 Å². The lowest BCUT2D eigenvalue weighted by molar-refractivity contribution is 0.414. The van der Waals surface area contributed by atoms with Crippen LogP contribution in [0, 0.1) is 0 Å². The van der Waals surface area contributed by atoms with Crippen molar-refractivity contribution in [2.45, 2.75) is 30.2 Å². The molecule has 6 heteroatoms. The highest BCUT2D eigenvalue weighted by Crippen LogP contribution is 2.26. The van der Waals surface area contributed by atoms with Crippen molar-refractivity contribution in [1.29, 1.82) is 0 Å². The fraction of sp³-hybridized carbons (Fsp3) is 0.278. The van der Waals surface area contributed by atoms with E-state index in [0.29, 0.717) is 5.25 Å². The lowest BCUT2D eigenvalue weighted by Crippen LogP contribution is -2.04. The van der Waals surface area contributed by atoms with Gasteiger partial charge < -0.3 is 4.74 Å². The average Bonchev–Trinajstić information content (AvgIpc) is 3.09. The summed E-state index contributed by atoms with van der Waals surface area (Å²) in [5.41, 5.74) is 2.29. The van der Waals surface area contributed by atoms with E-state index >= 15 is 0 Å². The molecule has 0 saturated carbocycles. The minimum atomic E-state index is 0.424. The Bertz CT molecular complexity index is 758. The number of tetrazole rings is 1. The zero-order valence-corrected chi connectivity index (χ0v) is 14.6. The predicted octanol–water partition coefficient (Wildman–Crippen LogP) is 3.78. The fourth-order valence-corrected chi connectivity index (χ4v) is 3.31. The van der Waals surface area contributed by atoms with Gasteiger partial charge in [-0.15, -0.1) is 5.10 Å². The van der Waals surface area contributed by atoms with Gasteiger partial charge in [0.15, 0.2) is 0 Å². The fourth-order valence-electron chi connectivity index (χ4n) is 2.39. The Balaban J connectivity index is 1.64. The van der Waals surface area contributed by atoms with Crippen molar-refractivity contribution in [2.24, 2.45) is 0 Å². The number of thioether (sulfide) groups is 1. The lowest BCUT2D eigenvalue weighted by atomic mass is 10.1. The summed E-state index contributed by atoms with van der Waals surface area (Å²) >= 11 is 1.70. The molecule has 1 aromatic heterocycles. The number of methoxy groups -OCH3 is 1.